The number of hydrogen-bond acceptors (Lipinski definition) is 5. The van der Waals surface area contributed by atoms with Crippen LogP contribution in [0.4, 0.5) is 0 Å². The van der Waals surface area contributed by atoms with Crippen LogP contribution in [0.3, 0.4) is 0 Å². The van der Waals surface area contributed by atoms with Crippen molar-refractivity contribution in [2.75, 3.05) is 46.9 Å². The maximum atomic E-state index is 12.8. The van der Waals surface area contributed by atoms with Crippen LogP contribution in [-0.2, 0) is 22.5 Å². The number of rotatable bonds is 5. The quantitative estimate of drug-likeness (QED) is 0.766. The molecule has 8 heteroatoms. The number of likely N-dealkylation sites (tertiary alicyclic amines) is 1. The molecule has 3 rings (SSSR count). The minimum Gasteiger partial charge on any atom is -0.383 e. The first-order chi connectivity index (χ1) is 11.6. The summed E-state index contributed by atoms with van der Waals surface area (Å²) in [7, 11) is 3.28. The third-order valence-electron chi connectivity index (χ3n) is 4.92. The van der Waals surface area contributed by atoms with E-state index in [0.29, 0.717) is 31.8 Å². The van der Waals surface area contributed by atoms with E-state index in [1.807, 2.05) is 4.90 Å². The fourth-order valence-electron chi connectivity index (χ4n) is 3.51. The molecule has 0 radical (unpaired) electrons. The predicted octanol–water partition coefficient (Wildman–Crippen LogP) is -0.378. The third-order valence-corrected chi connectivity index (χ3v) is 4.92. The predicted molar refractivity (Wildman–Crippen MR) is 87.5 cm³/mol. The molecule has 1 fully saturated rings. The number of nitrogens with one attached hydrogen (secondary N) is 2. The number of H-pyrrole nitrogens is 1. The second-order valence-electron chi connectivity index (χ2n) is 6.40. The van der Waals surface area contributed by atoms with Gasteiger partial charge in [0.05, 0.1) is 12.5 Å². The maximum Gasteiger partial charge on any atom is 0.271 e. The summed E-state index contributed by atoms with van der Waals surface area (Å²) in [5.74, 6) is 0.0109. The van der Waals surface area contributed by atoms with Gasteiger partial charge < -0.3 is 19.9 Å². The Morgan fingerprint density at radius 3 is 3.00 bits per heavy atom. The zero-order valence-corrected chi connectivity index (χ0v) is 14.3. The Morgan fingerprint density at radius 1 is 1.42 bits per heavy atom. The van der Waals surface area contributed by atoms with E-state index < -0.39 is 0 Å². The van der Waals surface area contributed by atoms with Gasteiger partial charge in [0.25, 0.3) is 5.91 Å². The van der Waals surface area contributed by atoms with E-state index in [1.165, 1.54) is 0 Å². The standard InChI is InChI=1S/C16H25N5O3/c1-17-15(22)14-12-10-21(6-4-13(12)18-19-14)16(23)11-3-5-20(9-11)7-8-24-2/h11H,3-10H2,1-2H3,(H,17,22)(H,18,19). The van der Waals surface area contributed by atoms with Crippen molar-refractivity contribution >= 4 is 11.8 Å². The molecular weight excluding hydrogens is 310 g/mol. The highest BCUT2D eigenvalue weighted by Crippen LogP contribution is 2.25. The number of methoxy groups -OCH3 is 1. The maximum absolute atomic E-state index is 12.8. The second-order valence-corrected chi connectivity index (χ2v) is 6.40. The number of carbonyl (C=O) groups is 2. The number of ether oxygens (including phenoxy) is 1. The minimum absolute atomic E-state index is 0.0405. The van der Waals surface area contributed by atoms with Gasteiger partial charge in [-0.25, -0.2) is 0 Å². The molecule has 0 aromatic carbocycles. The number of amides is 2. The summed E-state index contributed by atoms with van der Waals surface area (Å²) in [5, 5.41) is 9.64. The first-order valence-corrected chi connectivity index (χ1v) is 8.42. The zero-order valence-electron chi connectivity index (χ0n) is 14.3. The molecular formula is C16H25N5O3. The molecule has 1 aromatic rings. The van der Waals surface area contributed by atoms with Gasteiger partial charge in [-0.1, -0.05) is 0 Å². The van der Waals surface area contributed by atoms with E-state index in [0.717, 1.165) is 37.3 Å². The van der Waals surface area contributed by atoms with Gasteiger partial charge in [-0.15, -0.1) is 0 Å². The molecule has 1 aromatic heterocycles. The molecule has 1 unspecified atom stereocenters. The Morgan fingerprint density at radius 2 is 2.25 bits per heavy atom. The molecule has 0 saturated carbocycles. The van der Waals surface area contributed by atoms with Gasteiger partial charge in [-0.2, -0.15) is 5.10 Å². The highest BCUT2D eigenvalue weighted by Gasteiger charge is 2.34. The Bertz CT molecular complexity index is 615. The van der Waals surface area contributed by atoms with Crippen LogP contribution in [0.2, 0.25) is 0 Å². The lowest BCUT2D eigenvalue weighted by Crippen LogP contribution is -2.41. The van der Waals surface area contributed by atoms with E-state index in [-0.39, 0.29) is 17.7 Å². The van der Waals surface area contributed by atoms with Crippen molar-refractivity contribution in [2.45, 2.75) is 19.4 Å². The molecule has 1 atom stereocenters. The first-order valence-electron chi connectivity index (χ1n) is 8.42. The normalized spacial score (nSPS) is 20.9. The molecule has 132 valence electrons. The van der Waals surface area contributed by atoms with Crippen molar-refractivity contribution < 1.29 is 14.3 Å². The van der Waals surface area contributed by atoms with Crippen LogP contribution >= 0.6 is 0 Å². The summed E-state index contributed by atoms with van der Waals surface area (Å²) in [6.07, 6.45) is 1.60. The molecule has 8 nitrogen and oxygen atoms in total. The van der Waals surface area contributed by atoms with E-state index >= 15 is 0 Å². The summed E-state index contributed by atoms with van der Waals surface area (Å²) in [6.45, 7) is 4.43. The van der Waals surface area contributed by atoms with Gasteiger partial charge in [-0.3, -0.25) is 14.7 Å². The van der Waals surface area contributed by atoms with E-state index in [2.05, 4.69) is 20.4 Å². The second kappa shape index (κ2) is 7.31. The van der Waals surface area contributed by atoms with Crippen LogP contribution in [0.1, 0.15) is 28.2 Å². The van der Waals surface area contributed by atoms with Crippen molar-refractivity contribution in [3.8, 4) is 0 Å². The van der Waals surface area contributed by atoms with Gasteiger partial charge in [0, 0.05) is 58.0 Å². The van der Waals surface area contributed by atoms with Crippen molar-refractivity contribution in [1.29, 1.82) is 0 Å². The summed E-state index contributed by atoms with van der Waals surface area (Å²) >= 11 is 0. The third kappa shape index (κ3) is 3.29. The molecule has 2 amide bonds. The number of aromatic amines is 1. The van der Waals surface area contributed by atoms with Crippen LogP contribution in [0, 0.1) is 5.92 Å². The Kier molecular flexibility index (Phi) is 5.15. The van der Waals surface area contributed by atoms with Crippen LogP contribution in [-0.4, -0.2) is 78.8 Å². The van der Waals surface area contributed by atoms with Crippen LogP contribution in [0.15, 0.2) is 0 Å². The van der Waals surface area contributed by atoms with Crippen molar-refractivity contribution in [3.05, 3.63) is 17.0 Å². The molecule has 2 N–H and O–H groups in total. The molecule has 24 heavy (non-hydrogen) atoms. The van der Waals surface area contributed by atoms with Crippen molar-refractivity contribution in [2.24, 2.45) is 5.92 Å². The van der Waals surface area contributed by atoms with E-state index in [9.17, 15) is 9.59 Å². The Hall–Kier alpha value is -1.93. The average molecular weight is 335 g/mol. The lowest BCUT2D eigenvalue weighted by Gasteiger charge is -2.29. The van der Waals surface area contributed by atoms with Gasteiger partial charge in [0.2, 0.25) is 5.91 Å². The van der Waals surface area contributed by atoms with Crippen LogP contribution < -0.4 is 5.32 Å². The Labute approximate surface area is 141 Å². The fourth-order valence-corrected chi connectivity index (χ4v) is 3.51. The lowest BCUT2D eigenvalue weighted by atomic mass is 10.0. The average Bonchev–Trinajstić information content (AvgIpc) is 3.25. The number of hydrogen-bond donors (Lipinski definition) is 2. The fraction of sp³-hybridized carbons (Fsp3) is 0.688. The van der Waals surface area contributed by atoms with Crippen molar-refractivity contribution in [3.63, 3.8) is 0 Å². The molecule has 0 spiro atoms. The van der Waals surface area contributed by atoms with Gasteiger partial charge in [-0.05, 0) is 13.0 Å². The van der Waals surface area contributed by atoms with Crippen LogP contribution in [0.5, 0.6) is 0 Å². The molecule has 3 heterocycles. The lowest BCUT2D eigenvalue weighted by molar-refractivity contribution is -0.136. The number of carbonyl (C=O) groups excluding carboxylic acids is 2. The first kappa shape index (κ1) is 16.9. The summed E-state index contributed by atoms with van der Waals surface area (Å²) < 4.78 is 5.11. The highest BCUT2D eigenvalue weighted by atomic mass is 16.5. The highest BCUT2D eigenvalue weighted by molar-refractivity contribution is 5.94. The van der Waals surface area contributed by atoms with Gasteiger partial charge in [0.1, 0.15) is 0 Å². The molecule has 0 bridgehead atoms. The molecule has 2 aliphatic rings. The summed E-state index contributed by atoms with van der Waals surface area (Å²) in [5.41, 5.74) is 2.21. The van der Waals surface area contributed by atoms with Gasteiger partial charge in [0.15, 0.2) is 5.69 Å². The topological polar surface area (TPSA) is 90.6 Å². The zero-order chi connectivity index (χ0) is 17.1. The smallest absolute Gasteiger partial charge is 0.271 e. The monoisotopic (exact) mass is 335 g/mol. The molecule has 2 aliphatic heterocycles. The summed E-state index contributed by atoms with van der Waals surface area (Å²) in [4.78, 5) is 28.9. The van der Waals surface area contributed by atoms with Crippen LogP contribution in [0.25, 0.3) is 0 Å². The Balaban J connectivity index is 1.64. The van der Waals surface area contributed by atoms with E-state index in [4.69, 9.17) is 4.74 Å². The minimum atomic E-state index is -0.214. The van der Waals surface area contributed by atoms with Crippen molar-refractivity contribution in [1.82, 2.24) is 25.3 Å². The largest absolute Gasteiger partial charge is 0.383 e. The SMILES string of the molecule is CNC(=O)c1n[nH]c2c1CN(C(=O)C1CCN(CCOC)C1)CC2. The number of fused-ring (bicyclic) bond motifs is 1. The summed E-state index contributed by atoms with van der Waals surface area (Å²) in [6, 6.07) is 0. The number of nitrogens with zero attached hydrogens (tertiary/aromatic N) is 3. The van der Waals surface area contributed by atoms with Gasteiger partial charge >= 0.3 is 0 Å². The molecule has 1 saturated heterocycles. The molecule has 0 aliphatic carbocycles. The van der Waals surface area contributed by atoms with E-state index in [1.54, 1.807) is 14.2 Å². The number of aromatic nitrogens is 2.